The first kappa shape index (κ1) is 19.0. The van der Waals surface area contributed by atoms with Gasteiger partial charge in [0.1, 0.15) is 0 Å². The molecule has 2 heterocycles. The third kappa shape index (κ3) is 4.69. The van der Waals surface area contributed by atoms with E-state index in [-0.39, 0.29) is 12.3 Å². The molecule has 0 fully saturated rings. The highest BCUT2D eigenvalue weighted by Crippen LogP contribution is 2.22. The first-order chi connectivity index (χ1) is 12.9. The van der Waals surface area contributed by atoms with Gasteiger partial charge in [0, 0.05) is 10.6 Å². The smallest absolute Gasteiger partial charge is 0.313 e. The quantitative estimate of drug-likeness (QED) is 0.505. The van der Waals surface area contributed by atoms with Crippen LogP contribution in [0.3, 0.4) is 0 Å². The molecule has 0 aliphatic rings. The lowest BCUT2D eigenvalue weighted by atomic mass is 10.1. The molecule has 1 aromatic carbocycles. The highest BCUT2D eigenvalue weighted by Gasteiger charge is 2.16. The van der Waals surface area contributed by atoms with Crippen molar-refractivity contribution in [2.45, 2.75) is 20.4 Å². The number of ketones is 1. The topological polar surface area (TPSA) is 75.3 Å². The predicted octanol–water partition coefficient (Wildman–Crippen LogP) is 3.91. The molecule has 2 N–H and O–H groups in total. The molecule has 3 rings (SSSR count). The van der Waals surface area contributed by atoms with Gasteiger partial charge >= 0.3 is 11.8 Å². The zero-order valence-electron chi connectivity index (χ0n) is 14.9. The van der Waals surface area contributed by atoms with Crippen LogP contribution >= 0.6 is 22.7 Å². The summed E-state index contributed by atoms with van der Waals surface area (Å²) in [7, 11) is 0. The first-order valence-electron chi connectivity index (χ1n) is 8.27. The lowest BCUT2D eigenvalue weighted by Crippen LogP contribution is -2.34. The van der Waals surface area contributed by atoms with Crippen molar-refractivity contribution in [3.63, 3.8) is 0 Å². The van der Waals surface area contributed by atoms with E-state index in [2.05, 4.69) is 10.6 Å². The molecule has 3 aromatic rings. The minimum Gasteiger partial charge on any atom is -0.343 e. The summed E-state index contributed by atoms with van der Waals surface area (Å²) >= 11 is 2.71. The second kappa shape index (κ2) is 8.28. The van der Waals surface area contributed by atoms with Gasteiger partial charge in [0.05, 0.1) is 16.3 Å². The molecule has 0 spiro atoms. The molecule has 0 aliphatic carbocycles. The normalized spacial score (nSPS) is 10.4. The van der Waals surface area contributed by atoms with E-state index in [1.165, 1.54) is 22.7 Å². The molecule has 0 atom stereocenters. The van der Waals surface area contributed by atoms with Crippen LogP contribution < -0.4 is 10.6 Å². The average molecular weight is 399 g/mol. The van der Waals surface area contributed by atoms with Gasteiger partial charge in [0.2, 0.25) is 5.78 Å². The number of carbonyl (C=O) groups excluding carboxylic acids is 3. The van der Waals surface area contributed by atoms with Crippen LogP contribution in [-0.2, 0) is 16.1 Å². The number of nitrogens with one attached hydrogen (secondary N) is 2. The Morgan fingerprint density at radius 3 is 2.44 bits per heavy atom. The van der Waals surface area contributed by atoms with Gasteiger partial charge in [0.15, 0.2) is 0 Å². The third-order valence-electron chi connectivity index (χ3n) is 4.02. The molecule has 2 aromatic heterocycles. The summed E-state index contributed by atoms with van der Waals surface area (Å²) in [5, 5.41) is 7.03. The molecule has 0 saturated carbocycles. The Morgan fingerprint density at radius 2 is 1.74 bits per heavy atom. The Labute approximate surface area is 165 Å². The van der Waals surface area contributed by atoms with Gasteiger partial charge in [-0.2, -0.15) is 0 Å². The van der Waals surface area contributed by atoms with Crippen molar-refractivity contribution < 1.29 is 14.4 Å². The van der Waals surface area contributed by atoms with E-state index in [4.69, 9.17) is 0 Å². The van der Waals surface area contributed by atoms with E-state index in [0.717, 1.165) is 16.0 Å². The number of amides is 2. The molecule has 2 amide bonds. The Kier molecular flexibility index (Phi) is 5.83. The summed E-state index contributed by atoms with van der Waals surface area (Å²) in [6.45, 7) is 4.12. The molecular formula is C20H18N2O3S2. The molecule has 27 heavy (non-hydrogen) atoms. The Balaban J connectivity index is 1.55. The third-order valence-corrected chi connectivity index (χ3v) is 5.98. The van der Waals surface area contributed by atoms with Gasteiger partial charge in [-0.25, -0.2) is 0 Å². The largest absolute Gasteiger partial charge is 0.343 e. The van der Waals surface area contributed by atoms with Crippen molar-refractivity contribution in [3.8, 4) is 0 Å². The summed E-state index contributed by atoms with van der Waals surface area (Å²) in [4.78, 5) is 38.4. The summed E-state index contributed by atoms with van der Waals surface area (Å²) in [6.07, 6.45) is 0. The van der Waals surface area contributed by atoms with Gasteiger partial charge in [0.25, 0.3) is 0 Å². The fourth-order valence-electron chi connectivity index (χ4n) is 2.38. The fourth-order valence-corrected chi connectivity index (χ4v) is 4.02. The van der Waals surface area contributed by atoms with Crippen molar-refractivity contribution in [3.05, 3.63) is 73.6 Å². The second-order valence-corrected chi connectivity index (χ2v) is 8.12. The Morgan fingerprint density at radius 1 is 0.926 bits per heavy atom. The van der Waals surface area contributed by atoms with Crippen LogP contribution in [0, 0.1) is 13.8 Å². The van der Waals surface area contributed by atoms with Crippen molar-refractivity contribution in [1.29, 1.82) is 0 Å². The molecule has 7 heteroatoms. The number of carbonyl (C=O) groups is 3. The summed E-state index contributed by atoms with van der Waals surface area (Å²) in [5.74, 6) is -1.46. The van der Waals surface area contributed by atoms with E-state index < -0.39 is 11.8 Å². The van der Waals surface area contributed by atoms with Crippen LogP contribution in [0.1, 0.15) is 30.6 Å². The van der Waals surface area contributed by atoms with Gasteiger partial charge in [-0.1, -0.05) is 12.1 Å². The SMILES string of the molecule is Cc1ccc(NC(=O)C(=O)NCc2ccc(C(=O)c3cccs3)s2)cc1C. The van der Waals surface area contributed by atoms with Crippen LogP contribution in [0.2, 0.25) is 0 Å². The number of hydrogen-bond donors (Lipinski definition) is 2. The number of benzene rings is 1. The monoisotopic (exact) mass is 398 g/mol. The van der Waals surface area contributed by atoms with E-state index in [9.17, 15) is 14.4 Å². The van der Waals surface area contributed by atoms with Crippen LogP contribution in [0.25, 0.3) is 0 Å². The van der Waals surface area contributed by atoms with E-state index in [1.54, 1.807) is 24.3 Å². The standard InChI is InChI=1S/C20H18N2O3S2/c1-12-5-6-14(10-13(12)2)22-20(25)19(24)21-11-15-7-8-17(27-15)18(23)16-4-3-9-26-16/h3-10H,11H2,1-2H3,(H,21,24)(H,22,25). The van der Waals surface area contributed by atoms with Crippen molar-refractivity contribution in [1.82, 2.24) is 5.32 Å². The molecular weight excluding hydrogens is 380 g/mol. The van der Waals surface area contributed by atoms with Crippen LogP contribution in [-0.4, -0.2) is 17.6 Å². The number of hydrogen-bond acceptors (Lipinski definition) is 5. The van der Waals surface area contributed by atoms with Gasteiger partial charge in [-0.3, -0.25) is 14.4 Å². The van der Waals surface area contributed by atoms with Crippen molar-refractivity contribution >= 4 is 46.0 Å². The van der Waals surface area contributed by atoms with Crippen molar-refractivity contribution in [2.75, 3.05) is 5.32 Å². The molecule has 0 radical (unpaired) electrons. The summed E-state index contributed by atoms with van der Waals surface area (Å²) in [5.41, 5.74) is 2.73. The highest BCUT2D eigenvalue weighted by atomic mass is 32.1. The molecule has 0 unspecified atom stereocenters. The minimum atomic E-state index is -0.718. The molecule has 0 saturated heterocycles. The summed E-state index contributed by atoms with van der Waals surface area (Å²) < 4.78 is 0. The number of anilines is 1. The summed E-state index contributed by atoms with van der Waals surface area (Å²) in [6, 6.07) is 12.6. The van der Waals surface area contributed by atoms with Gasteiger partial charge in [-0.15, -0.1) is 22.7 Å². The predicted molar refractivity (Wildman–Crippen MR) is 108 cm³/mol. The maximum absolute atomic E-state index is 12.3. The number of thiophene rings is 2. The number of rotatable bonds is 5. The zero-order chi connectivity index (χ0) is 19.4. The van der Waals surface area contributed by atoms with Gasteiger partial charge < -0.3 is 10.6 Å². The van der Waals surface area contributed by atoms with Gasteiger partial charge in [-0.05, 0) is 60.7 Å². The highest BCUT2D eigenvalue weighted by molar-refractivity contribution is 7.16. The maximum atomic E-state index is 12.3. The van der Waals surface area contributed by atoms with Crippen LogP contribution in [0.15, 0.2) is 47.8 Å². The van der Waals surface area contributed by atoms with E-state index in [0.29, 0.717) is 15.4 Å². The van der Waals surface area contributed by atoms with Crippen molar-refractivity contribution in [2.24, 2.45) is 0 Å². The maximum Gasteiger partial charge on any atom is 0.313 e. The Bertz CT molecular complexity index is 991. The van der Waals surface area contributed by atoms with E-state index >= 15 is 0 Å². The van der Waals surface area contributed by atoms with E-state index in [1.807, 2.05) is 37.4 Å². The molecule has 0 bridgehead atoms. The minimum absolute atomic E-state index is 0.0277. The lowest BCUT2D eigenvalue weighted by molar-refractivity contribution is -0.136. The Hall–Kier alpha value is -2.77. The molecule has 5 nitrogen and oxygen atoms in total. The first-order valence-corrected chi connectivity index (χ1v) is 9.97. The van der Waals surface area contributed by atoms with Crippen LogP contribution in [0.4, 0.5) is 5.69 Å². The fraction of sp³-hybridized carbons (Fsp3) is 0.150. The lowest BCUT2D eigenvalue weighted by Gasteiger charge is -2.07. The second-order valence-electron chi connectivity index (χ2n) is 6.01. The number of aryl methyl sites for hydroxylation is 2. The molecule has 138 valence electrons. The van der Waals surface area contributed by atoms with Crippen LogP contribution in [0.5, 0.6) is 0 Å². The average Bonchev–Trinajstić information content (AvgIpc) is 3.34. The molecule has 0 aliphatic heterocycles. The zero-order valence-corrected chi connectivity index (χ0v) is 16.5.